The van der Waals surface area contributed by atoms with Crippen LogP contribution >= 0.6 is 0 Å². The van der Waals surface area contributed by atoms with E-state index in [0.29, 0.717) is 5.92 Å². The van der Waals surface area contributed by atoms with Gasteiger partial charge in [-0.2, -0.15) is 0 Å². The van der Waals surface area contributed by atoms with Crippen LogP contribution in [0.25, 0.3) is 0 Å². The highest BCUT2D eigenvalue weighted by Crippen LogP contribution is 2.29. The van der Waals surface area contributed by atoms with Crippen LogP contribution < -0.4 is 10.2 Å². The lowest BCUT2D eigenvalue weighted by atomic mass is 10.0. The Hall–Kier alpha value is -1.02. The molecule has 1 aromatic rings. The van der Waals surface area contributed by atoms with Gasteiger partial charge in [0.05, 0.1) is 0 Å². The second-order valence-corrected chi connectivity index (χ2v) is 7.05. The molecule has 21 heavy (non-hydrogen) atoms. The van der Waals surface area contributed by atoms with Gasteiger partial charge >= 0.3 is 0 Å². The average Bonchev–Trinajstić information content (AvgIpc) is 2.87. The minimum absolute atomic E-state index is 0.707. The van der Waals surface area contributed by atoms with E-state index in [-0.39, 0.29) is 0 Å². The van der Waals surface area contributed by atoms with E-state index in [9.17, 15) is 0 Å². The number of aryl methyl sites for hydroxylation is 1. The van der Waals surface area contributed by atoms with Crippen LogP contribution in [0.5, 0.6) is 0 Å². The molecule has 0 amide bonds. The van der Waals surface area contributed by atoms with Crippen LogP contribution in [0.4, 0.5) is 5.69 Å². The normalized spacial score (nSPS) is 18.7. The van der Waals surface area contributed by atoms with Crippen molar-refractivity contribution in [2.75, 3.05) is 24.5 Å². The SMILES string of the molecule is CCCC1CCN(c2ccc(C)cc2CNCC(C)C)C1. The summed E-state index contributed by atoms with van der Waals surface area (Å²) in [5.74, 6) is 1.60. The second-order valence-electron chi connectivity index (χ2n) is 7.05. The van der Waals surface area contributed by atoms with E-state index in [1.165, 1.54) is 49.2 Å². The Morgan fingerprint density at radius 3 is 2.86 bits per heavy atom. The van der Waals surface area contributed by atoms with Crippen molar-refractivity contribution in [3.8, 4) is 0 Å². The summed E-state index contributed by atoms with van der Waals surface area (Å²) < 4.78 is 0. The molecule has 1 heterocycles. The van der Waals surface area contributed by atoms with E-state index in [2.05, 4.69) is 56.1 Å². The molecule has 1 unspecified atom stereocenters. The van der Waals surface area contributed by atoms with Gasteiger partial charge in [-0.05, 0) is 49.8 Å². The van der Waals surface area contributed by atoms with Crippen molar-refractivity contribution < 1.29 is 0 Å². The molecule has 2 heteroatoms. The van der Waals surface area contributed by atoms with Gasteiger partial charge in [0.2, 0.25) is 0 Å². The monoisotopic (exact) mass is 288 g/mol. The quantitative estimate of drug-likeness (QED) is 0.801. The van der Waals surface area contributed by atoms with E-state index in [1.807, 2.05) is 0 Å². The van der Waals surface area contributed by atoms with Crippen LogP contribution in [0.15, 0.2) is 18.2 Å². The van der Waals surface area contributed by atoms with Gasteiger partial charge in [-0.3, -0.25) is 0 Å². The summed E-state index contributed by atoms with van der Waals surface area (Å²) in [6.45, 7) is 13.6. The first-order valence-corrected chi connectivity index (χ1v) is 8.65. The van der Waals surface area contributed by atoms with Gasteiger partial charge in [-0.1, -0.05) is 44.9 Å². The molecule has 0 saturated carbocycles. The fourth-order valence-electron chi connectivity index (χ4n) is 3.36. The molecule has 2 rings (SSSR count). The molecule has 1 atom stereocenters. The Morgan fingerprint density at radius 1 is 1.33 bits per heavy atom. The maximum Gasteiger partial charge on any atom is 0.0412 e. The number of hydrogen-bond acceptors (Lipinski definition) is 2. The summed E-state index contributed by atoms with van der Waals surface area (Å²) in [4.78, 5) is 2.60. The van der Waals surface area contributed by atoms with Crippen LogP contribution in [-0.4, -0.2) is 19.6 Å². The van der Waals surface area contributed by atoms with Crippen molar-refractivity contribution in [3.63, 3.8) is 0 Å². The van der Waals surface area contributed by atoms with Gasteiger partial charge in [-0.15, -0.1) is 0 Å². The highest BCUT2D eigenvalue weighted by molar-refractivity contribution is 5.55. The van der Waals surface area contributed by atoms with Crippen molar-refractivity contribution >= 4 is 5.69 Å². The molecule has 1 saturated heterocycles. The minimum atomic E-state index is 0.707. The van der Waals surface area contributed by atoms with E-state index < -0.39 is 0 Å². The number of nitrogens with zero attached hydrogens (tertiary/aromatic N) is 1. The van der Waals surface area contributed by atoms with Crippen molar-refractivity contribution in [3.05, 3.63) is 29.3 Å². The first kappa shape index (κ1) is 16.4. The Morgan fingerprint density at radius 2 is 2.14 bits per heavy atom. The third-order valence-electron chi connectivity index (χ3n) is 4.43. The molecule has 0 aromatic heterocycles. The Kier molecular flexibility index (Phi) is 6.10. The Labute approximate surface area is 130 Å². The fraction of sp³-hybridized carbons (Fsp3) is 0.684. The fourth-order valence-corrected chi connectivity index (χ4v) is 3.36. The molecule has 1 aliphatic rings. The third kappa shape index (κ3) is 4.74. The zero-order chi connectivity index (χ0) is 15.2. The molecule has 1 fully saturated rings. The Balaban J connectivity index is 2.04. The van der Waals surface area contributed by atoms with E-state index in [4.69, 9.17) is 0 Å². The number of rotatable bonds is 7. The highest BCUT2D eigenvalue weighted by Gasteiger charge is 2.23. The number of anilines is 1. The lowest BCUT2D eigenvalue weighted by Crippen LogP contribution is -2.24. The van der Waals surface area contributed by atoms with Crippen molar-refractivity contribution in [1.82, 2.24) is 5.32 Å². The molecule has 0 bridgehead atoms. The molecule has 1 aromatic carbocycles. The zero-order valence-corrected chi connectivity index (χ0v) is 14.3. The number of hydrogen-bond donors (Lipinski definition) is 1. The van der Waals surface area contributed by atoms with Crippen molar-refractivity contribution in [1.29, 1.82) is 0 Å². The summed E-state index contributed by atoms with van der Waals surface area (Å²) in [6, 6.07) is 6.94. The summed E-state index contributed by atoms with van der Waals surface area (Å²) in [5, 5.41) is 3.60. The summed E-state index contributed by atoms with van der Waals surface area (Å²) in [7, 11) is 0. The van der Waals surface area contributed by atoms with E-state index in [0.717, 1.165) is 19.0 Å². The Bertz CT molecular complexity index is 439. The van der Waals surface area contributed by atoms with Crippen LogP contribution in [0.2, 0.25) is 0 Å². The molecule has 1 N–H and O–H groups in total. The van der Waals surface area contributed by atoms with Gasteiger partial charge in [0, 0.05) is 25.3 Å². The molecular weight excluding hydrogens is 256 g/mol. The lowest BCUT2D eigenvalue weighted by Gasteiger charge is -2.23. The number of nitrogens with one attached hydrogen (secondary N) is 1. The molecule has 1 aliphatic heterocycles. The predicted molar refractivity (Wildman–Crippen MR) is 93.0 cm³/mol. The van der Waals surface area contributed by atoms with Crippen LogP contribution in [0.1, 0.15) is 51.2 Å². The molecular formula is C19H32N2. The number of benzene rings is 1. The van der Waals surface area contributed by atoms with Gasteiger partial charge in [0.25, 0.3) is 0 Å². The average molecular weight is 288 g/mol. The van der Waals surface area contributed by atoms with Crippen LogP contribution in [-0.2, 0) is 6.54 Å². The second kappa shape index (κ2) is 7.84. The largest absolute Gasteiger partial charge is 0.371 e. The predicted octanol–water partition coefficient (Wildman–Crippen LogP) is 4.37. The van der Waals surface area contributed by atoms with Crippen LogP contribution in [0, 0.1) is 18.8 Å². The van der Waals surface area contributed by atoms with E-state index in [1.54, 1.807) is 0 Å². The maximum atomic E-state index is 3.60. The van der Waals surface area contributed by atoms with Gasteiger partial charge < -0.3 is 10.2 Å². The first-order chi connectivity index (χ1) is 10.1. The van der Waals surface area contributed by atoms with E-state index >= 15 is 0 Å². The van der Waals surface area contributed by atoms with Gasteiger partial charge in [0.15, 0.2) is 0 Å². The lowest BCUT2D eigenvalue weighted by molar-refractivity contribution is 0.529. The summed E-state index contributed by atoms with van der Waals surface area (Å²) in [6.07, 6.45) is 4.05. The maximum absolute atomic E-state index is 3.60. The topological polar surface area (TPSA) is 15.3 Å². The van der Waals surface area contributed by atoms with Crippen molar-refractivity contribution in [2.24, 2.45) is 11.8 Å². The molecule has 0 radical (unpaired) electrons. The van der Waals surface area contributed by atoms with Crippen molar-refractivity contribution in [2.45, 2.75) is 53.5 Å². The molecule has 0 aliphatic carbocycles. The smallest absolute Gasteiger partial charge is 0.0412 e. The molecule has 0 spiro atoms. The molecule has 2 nitrogen and oxygen atoms in total. The first-order valence-electron chi connectivity index (χ1n) is 8.65. The van der Waals surface area contributed by atoms with Crippen LogP contribution in [0.3, 0.4) is 0 Å². The molecule has 118 valence electrons. The third-order valence-corrected chi connectivity index (χ3v) is 4.43. The van der Waals surface area contributed by atoms with Gasteiger partial charge in [-0.25, -0.2) is 0 Å². The zero-order valence-electron chi connectivity index (χ0n) is 14.3. The summed E-state index contributed by atoms with van der Waals surface area (Å²) >= 11 is 0. The summed E-state index contributed by atoms with van der Waals surface area (Å²) in [5.41, 5.74) is 4.28. The minimum Gasteiger partial charge on any atom is -0.371 e. The highest BCUT2D eigenvalue weighted by atomic mass is 15.2. The standard InChI is InChI=1S/C19H32N2/c1-5-6-17-9-10-21(14-17)19-8-7-16(4)11-18(19)13-20-12-15(2)3/h7-8,11,15,17,20H,5-6,9-10,12-14H2,1-4H3. The van der Waals surface area contributed by atoms with Gasteiger partial charge in [0.1, 0.15) is 0 Å².